The molecular weight excluding hydrogens is 184 g/mol. The summed E-state index contributed by atoms with van der Waals surface area (Å²) in [7, 11) is 0. The third-order valence-electron chi connectivity index (χ3n) is 3.58. The molecule has 0 aromatic rings. The summed E-state index contributed by atoms with van der Waals surface area (Å²) in [6, 6.07) is 0. The van der Waals surface area contributed by atoms with Crippen molar-refractivity contribution < 1.29 is 4.79 Å². The van der Waals surface area contributed by atoms with Crippen molar-refractivity contribution in [1.29, 1.82) is 0 Å². The van der Waals surface area contributed by atoms with Gasteiger partial charge in [0.05, 0.1) is 0 Å². The zero-order valence-electron chi connectivity index (χ0n) is 10.2. The van der Waals surface area contributed by atoms with Crippen LogP contribution >= 0.6 is 0 Å². The SMILES string of the molecule is C=C=C(CCCC(C)C)C1(C)CC1C=O. The van der Waals surface area contributed by atoms with E-state index in [9.17, 15) is 4.79 Å². The van der Waals surface area contributed by atoms with Crippen LogP contribution in [0.25, 0.3) is 0 Å². The third kappa shape index (κ3) is 2.82. The maximum atomic E-state index is 10.7. The van der Waals surface area contributed by atoms with E-state index in [0.29, 0.717) is 0 Å². The number of allylic oxidation sites excluding steroid dienone is 1. The first-order chi connectivity index (χ1) is 7.04. The molecule has 0 N–H and O–H groups in total. The van der Waals surface area contributed by atoms with Crippen LogP contribution in [0.3, 0.4) is 0 Å². The van der Waals surface area contributed by atoms with E-state index in [2.05, 4.69) is 33.1 Å². The van der Waals surface area contributed by atoms with E-state index in [1.165, 1.54) is 18.4 Å². The predicted molar refractivity (Wildman–Crippen MR) is 63.6 cm³/mol. The Bertz CT molecular complexity index is 284. The van der Waals surface area contributed by atoms with Gasteiger partial charge in [-0.3, -0.25) is 0 Å². The molecule has 1 aliphatic rings. The average molecular weight is 206 g/mol. The summed E-state index contributed by atoms with van der Waals surface area (Å²) in [5, 5.41) is 0. The summed E-state index contributed by atoms with van der Waals surface area (Å²) in [5.74, 6) is 0.978. The van der Waals surface area contributed by atoms with E-state index in [4.69, 9.17) is 0 Å². The van der Waals surface area contributed by atoms with Crippen LogP contribution in [0.5, 0.6) is 0 Å². The van der Waals surface area contributed by atoms with Gasteiger partial charge in [0.1, 0.15) is 6.29 Å². The number of rotatable bonds is 6. The van der Waals surface area contributed by atoms with Crippen molar-refractivity contribution in [1.82, 2.24) is 0 Å². The lowest BCUT2D eigenvalue weighted by Crippen LogP contribution is -2.04. The van der Waals surface area contributed by atoms with Crippen molar-refractivity contribution in [2.24, 2.45) is 17.3 Å². The number of hydrogen-bond donors (Lipinski definition) is 0. The maximum absolute atomic E-state index is 10.7. The molecule has 15 heavy (non-hydrogen) atoms. The minimum absolute atomic E-state index is 0.0977. The molecule has 1 nitrogen and oxygen atoms in total. The summed E-state index contributed by atoms with van der Waals surface area (Å²) in [4.78, 5) is 10.7. The van der Waals surface area contributed by atoms with E-state index in [0.717, 1.165) is 25.0 Å². The van der Waals surface area contributed by atoms with Gasteiger partial charge in [0.25, 0.3) is 0 Å². The standard InChI is InChI=1S/C14H22O/c1-5-12(8-6-7-11(2)3)14(4)9-13(14)10-15/h10-11,13H,1,6-9H2,2-4H3. The molecule has 84 valence electrons. The van der Waals surface area contributed by atoms with E-state index >= 15 is 0 Å². The van der Waals surface area contributed by atoms with Crippen LogP contribution in [-0.2, 0) is 4.79 Å². The van der Waals surface area contributed by atoms with Crippen molar-refractivity contribution in [2.45, 2.75) is 46.5 Å². The van der Waals surface area contributed by atoms with Crippen LogP contribution < -0.4 is 0 Å². The first-order valence-corrected chi connectivity index (χ1v) is 5.89. The summed E-state index contributed by atoms with van der Waals surface area (Å²) in [5.41, 5.74) is 4.41. The third-order valence-corrected chi connectivity index (χ3v) is 3.58. The van der Waals surface area contributed by atoms with Crippen molar-refractivity contribution in [3.05, 3.63) is 17.9 Å². The van der Waals surface area contributed by atoms with Crippen molar-refractivity contribution in [3.63, 3.8) is 0 Å². The molecule has 0 saturated heterocycles. The summed E-state index contributed by atoms with van der Waals surface area (Å²) < 4.78 is 0. The molecule has 0 bridgehead atoms. The highest BCUT2D eigenvalue weighted by molar-refractivity contribution is 5.62. The van der Waals surface area contributed by atoms with E-state index in [-0.39, 0.29) is 11.3 Å². The van der Waals surface area contributed by atoms with Crippen LogP contribution in [0.1, 0.15) is 46.5 Å². The van der Waals surface area contributed by atoms with Gasteiger partial charge in [0, 0.05) is 11.3 Å². The molecule has 0 heterocycles. The second-order valence-electron chi connectivity index (χ2n) is 5.31. The number of aldehydes is 1. The number of carbonyl (C=O) groups is 1. The molecule has 0 radical (unpaired) electrons. The fraction of sp³-hybridized carbons (Fsp3) is 0.714. The van der Waals surface area contributed by atoms with Gasteiger partial charge in [-0.25, -0.2) is 0 Å². The highest BCUT2D eigenvalue weighted by Crippen LogP contribution is 2.57. The van der Waals surface area contributed by atoms with Gasteiger partial charge in [-0.15, -0.1) is 5.73 Å². The van der Waals surface area contributed by atoms with Crippen LogP contribution in [-0.4, -0.2) is 6.29 Å². The van der Waals surface area contributed by atoms with E-state index in [1.54, 1.807) is 0 Å². The molecule has 0 aromatic carbocycles. The van der Waals surface area contributed by atoms with Crippen LogP contribution in [0.4, 0.5) is 0 Å². The Balaban J connectivity index is 2.45. The monoisotopic (exact) mass is 206 g/mol. The van der Waals surface area contributed by atoms with E-state index in [1.807, 2.05) is 0 Å². The Hall–Kier alpha value is -0.810. The Morgan fingerprint density at radius 2 is 2.33 bits per heavy atom. The average Bonchev–Trinajstić information content (AvgIpc) is 2.85. The minimum atomic E-state index is 0.0977. The van der Waals surface area contributed by atoms with Gasteiger partial charge in [-0.2, -0.15) is 0 Å². The zero-order valence-corrected chi connectivity index (χ0v) is 10.2. The Morgan fingerprint density at radius 1 is 1.67 bits per heavy atom. The lowest BCUT2D eigenvalue weighted by molar-refractivity contribution is -0.109. The normalized spacial score (nSPS) is 28.7. The van der Waals surface area contributed by atoms with Gasteiger partial charge in [-0.05, 0) is 30.8 Å². The Labute approximate surface area is 93.3 Å². The number of hydrogen-bond acceptors (Lipinski definition) is 1. The highest BCUT2D eigenvalue weighted by atomic mass is 16.1. The van der Waals surface area contributed by atoms with Gasteiger partial charge in [0.15, 0.2) is 0 Å². The fourth-order valence-electron chi connectivity index (χ4n) is 2.21. The van der Waals surface area contributed by atoms with Crippen LogP contribution in [0, 0.1) is 17.3 Å². The zero-order chi connectivity index (χ0) is 11.5. The summed E-state index contributed by atoms with van der Waals surface area (Å²) >= 11 is 0. The smallest absolute Gasteiger partial charge is 0.123 e. The first kappa shape index (κ1) is 12.3. The second kappa shape index (κ2) is 4.81. The topological polar surface area (TPSA) is 17.1 Å². The van der Waals surface area contributed by atoms with Crippen molar-refractivity contribution in [2.75, 3.05) is 0 Å². The molecule has 0 aliphatic heterocycles. The quantitative estimate of drug-likeness (QED) is 0.478. The van der Waals surface area contributed by atoms with E-state index < -0.39 is 0 Å². The van der Waals surface area contributed by atoms with Crippen molar-refractivity contribution >= 4 is 6.29 Å². The largest absolute Gasteiger partial charge is 0.303 e. The lowest BCUT2D eigenvalue weighted by Gasteiger charge is -2.13. The maximum Gasteiger partial charge on any atom is 0.123 e. The molecule has 1 rings (SSSR count). The Morgan fingerprint density at radius 3 is 2.73 bits per heavy atom. The molecule has 0 spiro atoms. The molecule has 1 fully saturated rings. The summed E-state index contributed by atoms with van der Waals surface area (Å²) in [6.45, 7) is 10.4. The highest BCUT2D eigenvalue weighted by Gasteiger charge is 2.52. The van der Waals surface area contributed by atoms with Crippen molar-refractivity contribution in [3.8, 4) is 0 Å². The molecule has 1 aliphatic carbocycles. The second-order valence-corrected chi connectivity index (χ2v) is 5.31. The molecule has 0 amide bonds. The van der Waals surface area contributed by atoms with Gasteiger partial charge >= 0.3 is 0 Å². The molecule has 2 unspecified atom stereocenters. The van der Waals surface area contributed by atoms with Gasteiger partial charge in [0.2, 0.25) is 0 Å². The molecule has 2 atom stereocenters. The molecule has 0 aromatic heterocycles. The van der Waals surface area contributed by atoms with Crippen LogP contribution in [0.2, 0.25) is 0 Å². The minimum Gasteiger partial charge on any atom is -0.303 e. The molecule has 1 saturated carbocycles. The predicted octanol–water partition coefficient (Wildman–Crippen LogP) is 3.75. The molecular formula is C14H22O. The van der Waals surface area contributed by atoms with Gasteiger partial charge < -0.3 is 4.79 Å². The van der Waals surface area contributed by atoms with Crippen LogP contribution in [0.15, 0.2) is 17.9 Å². The fourth-order valence-corrected chi connectivity index (χ4v) is 2.21. The van der Waals surface area contributed by atoms with Gasteiger partial charge in [-0.1, -0.05) is 33.8 Å². The molecule has 1 heteroatoms. The Kier molecular flexibility index (Phi) is 3.93. The summed E-state index contributed by atoms with van der Waals surface area (Å²) in [6.07, 6.45) is 5.57. The number of carbonyl (C=O) groups excluding carboxylic acids is 1. The lowest BCUT2D eigenvalue weighted by atomic mass is 9.91. The first-order valence-electron chi connectivity index (χ1n) is 5.89.